The van der Waals surface area contributed by atoms with E-state index in [2.05, 4.69) is 50.1 Å². The Bertz CT molecular complexity index is 1550. The number of nitrogens with zero attached hydrogens (tertiary/aromatic N) is 3. The molecule has 0 saturated carbocycles. The smallest absolute Gasteiger partial charge is 0.266 e. The largest absolute Gasteiger partial charge is 0.342 e. The van der Waals surface area contributed by atoms with Crippen molar-refractivity contribution in [3.63, 3.8) is 0 Å². The SMILES string of the molecule is N#C/C(=C\c1cn(Cc2ccc(Br)cc2)c2ccccc12)C(=O)Nc1sc2c(c1C#N)CCCC2. The number of hydrogen-bond acceptors (Lipinski definition) is 4. The molecule has 0 bridgehead atoms. The summed E-state index contributed by atoms with van der Waals surface area (Å²) in [5.74, 6) is -0.493. The first-order valence-corrected chi connectivity index (χ1v) is 13.0. The molecule has 0 aliphatic heterocycles. The number of para-hydroxylation sites is 1. The number of halogens is 1. The van der Waals surface area contributed by atoms with Crippen LogP contribution in [0, 0.1) is 22.7 Å². The van der Waals surface area contributed by atoms with E-state index in [1.807, 2.05) is 42.6 Å². The molecule has 0 unspecified atom stereocenters. The lowest BCUT2D eigenvalue weighted by atomic mass is 9.96. The van der Waals surface area contributed by atoms with Gasteiger partial charge in [0.25, 0.3) is 5.91 Å². The van der Waals surface area contributed by atoms with Gasteiger partial charge >= 0.3 is 0 Å². The van der Waals surface area contributed by atoms with E-state index in [4.69, 9.17) is 0 Å². The van der Waals surface area contributed by atoms with Gasteiger partial charge in [0.05, 0.1) is 5.56 Å². The highest BCUT2D eigenvalue weighted by molar-refractivity contribution is 9.10. The second-order valence-corrected chi connectivity index (χ2v) is 10.5. The molecular formula is C28H21BrN4OS. The average Bonchev–Trinajstić information content (AvgIpc) is 3.41. The minimum atomic E-state index is -0.493. The highest BCUT2D eigenvalue weighted by Gasteiger charge is 2.23. The van der Waals surface area contributed by atoms with E-state index in [-0.39, 0.29) is 5.57 Å². The second-order valence-electron chi connectivity index (χ2n) is 8.51. The van der Waals surface area contributed by atoms with Crippen LogP contribution in [0.15, 0.2) is 64.8 Å². The lowest BCUT2D eigenvalue weighted by molar-refractivity contribution is -0.112. The summed E-state index contributed by atoms with van der Waals surface area (Å²) in [6.45, 7) is 0.669. The number of benzene rings is 2. The van der Waals surface area contributed by atoms with Crippen molar-refractivity contribution in [2.24, 2.45) is 0 Å². The highest BCUT2D eigenvalue weighted by Crippen LogP contribution is 2.38. The molecule has 1 aliphatic carbocycles. The Morgan fingerprint density at radius 3 is 2.66 bits per heavy atom. The van der Waals surface area contributed by atoms with Crippen molar-refractivity contribution in [1.82, 2.24) is 4.57 Å². The minimum absolute atomic E-state index is 0.00630. The number of nitrogens with one attached hydrogen (secondary N) is 1. The van der Waals surface area contributed by atoms with Gasteiger partial charge in [-0.15, -0.1) is 11.3 Å². The van der Waals surface area contributed by atoms with Gasteiger partial charge in [0.2, 0.25) is 0 Å². The van der Waals surface area contributed by atoms with E-state index in [0.717, 1.165) is 57.7 Å². The maximum absolute atomic E-state index is 13.1. The molecule has 2 aromatic carbocycles. The van der Waals surface area contributed by atoms with Crippen LogP contribution in [0.4, 0.5) is 5.00 Å². The summed E-state index contributed by atoms with van der Waals surface area (Å²) >= 11 is 4.93. The third-order valence-corrected chi connectivity index (χ3v) is 8.00. The second kappa shape index (κ2) is 9.92. The standard InChI is InChI=1S/C28H21BrN4OS/c29-21-11-9-18(10-12-21)16-33-17-20(22-5-1-3-7-25(22)33)13-19(14-30)27(34)32-28-24(15-31)23-6-2-4-8-26(23)35-28/h1,3,5,7,9-13,17H,2,4,6,8,16H2,(H,32,34)/b19-13+. The fourth-order valence-electron chi connectivity index (χ4n) is 4.55. The van der Waals surface area contributed by atoms with Crippen LogP contribution in [0.2, 0.25) is 0 Å². The number of hydrogen-bond donors (Lipinski definition) is 1. The molecule has 35 heavy (non-hydrogen) atoms. The number of nitriles is 2. The maximum Gasteiger partial charge on any atom is 0.266 e. The third kappa shape index (κ3) is 4.66. The molecule has 5 rings (SSSR count). The van der Waals surface area contributed by atoms with Crippen LogP contribution < -0.4 is 5.32 Å². The molecule has 5 nitrogen and oxygen atoms in total. The first kappa shape index (κ1) is 23.1. The summed E-state index contributed by atoms with van der Waals surface area (Å²) in [5, 5.41) is 23.9. The zero-order chi connectivity index (χ0) is 24.4. The predicted molar refractivity (Wildman–Crippen MR) is 143 cm³/mol. The van der Waals surface area contributed by atoms with E-state index >= 15 is 0 Å². The number of thiophene rings is 1. The first-order valence-electron chi connectivity index (χ1n) is 11.4. The number of fused-ring (bicyclic) bond motifs is 2. The van der Waals surface area contributed by atoms with E-state index in [1.165, 1.54) is 16.2 Å². The molecule has 1 N–H and O–H groups in total. The van der Waals surface area contributed by atoms with Gasteiger partial charge in [-0.2, -0.15) is 10.5 Å². The number of carbonyl (C=O) groups is 1. The summed E-state index contributed by atoms with van der Waals surface area (Å²) in [5.41, 5.74) is 4.58. The molecular weight excluding hydrogens is 520 g/mol. The van der Waals surface area contributed by atoms with Crippen LogP contribution in [-0.2, 0) is 24.2 Å². The molecule has 172 valence electrons. The summed E-state index contributed by atoms with van der Waals surface area (Å²) in [7, 11) is 0. The fourth-order valence-corrected chi connectivity index (χ4v) is 6.05. The zero-order valence-electron chi connectivity index (χ0n) is 18.8. The van der Waals surface area contributed by atoms with E-state index in [9.17, 15) is 15.3 Å². The molecule has 0 atom stereocenters. The van der Waals surface area contributed by atoms with Gasteiger partial charge in [-0.1, -0.05) is 46.3 Å². The van der Waals surface area contributed by atoms with Gasteiger partial charge in [0, 0.05) is 38.6 Å². The van der Waals surface area contributed by atoms with Crippen molar-refractivity contribution in [1.29, 1.82) is 10.5 Å². The Hall–Kier alpha value is -3.65. The third-order valence-electron chi connectivity index (χ3n) is 6.26. The fraction of sp³-hybridized carbons (Fsp3) is 0.179. The van der Waals surface area contributed by atoms with Gasteiger partial charge in [0.15, 0.2) is 0 Å². The van der Waals surface area contributed by atoms with Crippen molar-refractivity contribution in [2.45, 2.75) is 32.2 Å². The van der Waals surface area contributed by atoms with Crippen molar-refractivity contribution < 1.29 is 4.79 Å². The normalized spacial score (nSPS) is 13.2. The molecule has 2 heterocycles. The molecule has 0 radical (unpaired) electrons. The summed E-state index contributed by atoms with van der Waals surface area (Å²) in [6.07, 6.45) is 7.56. The molecule has 1 aliphatic rings. The van der Waals surface area contributed by atoms with Crippen molar-refractivity contribution in [2.75, 3.05) is 5.32 Å². The molecule has 1 amide bonds. The monoisotopic (exact) mass is 540 g/mol. The minimum Gasteiger partial charge on any atom is -0.342 e. The Kier molecular flexibility index (Phi) is 6.55. The van der Waals surface area contributed by atoms with Crippen molar-refractivity contribution >= 4 is 55.2 Å². The van der Waals surface area contributed by atoms with Crippen molar-refractivity contribution in [3.05, 3.63) is 91.9 Å². The van der Waals surface area contributed by atoms with Crippen LogP contribution in [0.3, 0.4) is 0 Å². The maximum atomic E-state index is 13.1. The number of rotatable bonds is 5. The van der Waals surface area contributed by atoms with Gasteiger partial charge in [-0.25, -0.2) is 0 Å². The highest BCUT2D eigenvalue weighted by atomic mass is 79.9. The number of aromatic nitrogens is 1. The first-order chi connectivity index (χ1) is 17.1. The molecule has 4 aromatic rings. The molecule has 0 spiro atoms. The van der Waals surface area contributed by atoms with Gasteiger partial charge < -0.3 is 9.88 Å². The molecule has 0 saturated heterocycles. The topological polar surface area (TPSA) is 81.6 Å². The van der Waals surface area contributed by atoms with Crippen LogP contribution in [-0.4, -0.2) is 10.5 Å². The quantitative estimate of drug-likeness (QED) is 0.223. The van der Waals surface area contributed by atoms with Crippen molar-refractivity contribution in [3.8, 4) is 12.1 Å². The van der Waals surface area contributed by atoms with E-state index in [1.54, 1.807) is 6.08 Å². The number of carbonyl (C=O) groups excluding carboxylic acids is 1. The Morgan fingerprint density at radius 1 is 1.11 bits per heavy atom. The van der Waals surface area contributed by atoms with Crippen LogP contribution >= 0.6 is 27.3 Å². The molecule has 7 heteroatoms. The van der Waals surface area contributed by atoms with Crippen LogP contribution in [0.5, 0.6) is 0 Å². The van der Waals surface area contributed by atoms with E-state index in [0.29, 0.717) is 17.1 Å². The average molecular weight is 541 g/mol. The Labute approximate surface area is 216 Å². The molecule has 2 aromatic heterocycles. The van der Waals surface area contributed by atoms with Gasteiger partial charge in [-0.3, -0.25) is 4.79 Å². The lowest BCUT2D eigenvalue weighted by Gasteiger charge is -2.09. The zero-order valence-corrected chi connectivity index (χ0v) is 21.2. The Balaban J connectivity index is 1.47. The number of anilines is 1. The molecule has 0 fully saturated rings. The lowest BCUT2D eigenvalue weighted by Crippen LogP contribution is -2.13. The predicted octanol–water partition coefficient (Wildman–Crippen LogP) is 6.81. The van der Waals surface area contributed by atoms with E-state index < -0.39 is 5.91 Å². The number of amides is 1. The van der Waals surface area contributed by atoms with Crippen LogP contribution in [0.1, 0.15) is 40.0 Å². The van der Waals surface area contributed by atoms with Gasteiger partial charge in [0.1, 0.15) is 22.7 Å². The van der Waals surface area contributed by atoms with Crippen LogP contribution in [0.25, 0.3) is 17.0 Å². The summed E-state index contributed by atoms with van der Waals surface area (Å²) in [6, 6.07) is 20.4. The Morgan fingerprint density at radius 2 is 1.89 bits per heavy atom. The number of aryl methyl sites for hydroxylation is 1. The summed E-state index contributed by atoms with van der Waals surface area (Å²) < 4.78 is 3.15. The summed E-state index contributed by atoms with van der Waals surface area (Å²) in [4.78, 5) is 14.2. The van der Waals surface area contributed by atoms with Gasteiger partial charge in [-0.05, 0) is 61.1 Å².